The lowest BCUT2D eigenvalue weighted by atomic mass is 9.47. The van der Waals surface area contributed by atoms with Crippen LogP contribution in [0.1, 0.15) is 25.3 Å². The number of hydrogen-bond donors (Lipinski definition) is 4. The van der Waals surface area contributed by atoms with Gasteiger partial charge in [0.05, 0.1) is 17.6 Å². The van der Waals surface area contributed by atoms with Crippen molar-refractivity contribution >= 4 is 27.5 Å². The molecule has 1 saturated heterocycles. The molecule has 1 aromatic carbocycles. The number of likely N-dealkylation sites (N-methyl/N-ethyl adjacent to an activating group) is 1. The molecule has 1 amide bonds. The number of halogens is 1. The van der Waals surface area contributed by atoms with Crippen LogP contribution in [-0.4, -0.2) is 72.1 Å². The molecule has 0 bridgehead atoms. The molecular formula is C22H29BrN4O4. The third kappa shape index (κ3) is 2.21. The maximum absolute atomic E-state index is 13.2. The lowest BCUT2D eigenvalue weighted by molar-refractivity contribution is -0.203. The molecule has 0 unspecified atom stereocenters. The van der Waals surface area contributed by atoms with Gasteiger partial charge in [-0.1, -0.05) is 19.1 Å². The Morgan fingerprint density at radius 3 is 2.81 bits per heavy atom. The molecule has 0 aromatic heterocycles. The number of amides is 1. The minimum atomic E-state index is -2.10. The van der Waals surface area contributed by atoms with Crippen molar-refractivity contribution in [3.63, 3.8) is 0 Å². The van der Waals surface area contributed by atoms with Crippen molar-refractivity contribution in [2.24, 2.45) is 11.3 Å². The van der Waals surface area contributed by atoms with Crippen LogP contribution >= 0.6 is 15.9 Å². The van der Waals surface area contributed by atoms with Crippen molar-refractivity contribution in [2.45, 2.75) is 49.0 Å². The molecule has 31 heavy (non-hydrogen) atoms. The van der Waals surface area contributed by atoms with E-state index in [0.717, 1.165) is 35.2 Å². The third-order valence-electron chi connectivity index (χ3n) is 8.42. The molecule has 2 fully saturated rings. The number of hydrogen-bond acceptors (Lipinski definition) is 7. The van der Waals surface area contributed by atoms with Crippen LogP contribution in [0.5, 0.6) is 5.75 Å². The number of anilines is 1. The highest BCUT2D eigenvalue weighted by Gasteiger charge is 2.78. The van der Waals surface area contributed by atoms with E-state index < -0.39 is 34.5 Å². The van der Waals surface area contributed by atoms with Crippen molar-refractivity contribution < 1.29 is 19.7 Å². The van der Waals surface area contributed by atoms with Gasteiger partial charge in [-0.15, -0.1) is 0 Å². The second-order valence-electron chi connectivity index (χ2n) is 9.27. The predicted octanol–water partition coefficient (Wildman–Crippen LogP) is 0.650. The standard InChI is InChI=1S/C22H29BrN4O4/c1-4-20-6-5-8-27-9-7-21(16(20)27)12-10-13(23)15(31-3)11-14(12)26(2)17(21)22(30,18(20)28)19(29)25-24/h5-6,10-11,16-18,28,30H,4,7-9,24H2,1-3H3,(H,25,29)/t16-,17+,18+,20+,21+,22-/m0/s1. The monoisotopic (exact) mass is 492 g/mol. The Morgan fingerprint density at radius 2 is 2.16 bits per heavy atom. The van der Waals surface area contributed by atoms with Gasteiger partial charge < -0.3 is 19.8 Å². The first-order chi connectivity index (χ1) is 14.7. The summed E-state index contributed by atoms with van der Waals surface area (Å²) in [6.07, 6.45) is 4.09. The number of nitrogens with zero attached hydrogens (tertiary/aromatic N) is 2. The molecule has 4 aliphatic rings. The summed E-state index contributed by atoms with van der Waals surface area (Å²) in [5.74, 6) is 5.47. The number of aliphatic hydroxyl groups excluding tert-OH is 1. The molecule has 8 nitrogen and oxygen atoms in total. The van der Waals surface area contributed by atoms with E-state index in [-0.39, 0.29) is 6.04 Å². The number of carbonyl (C=O) groups excluding carboxylic acids is 1. The normalized spacial score (nSPS) is 40.4. The van der Waals surface area contributed by atoms with E-state index in [1.54, 1.807) is 7.11 Å². The fourth-order valence-corrected chi connectivity index (χ4v) is 7.86. The molecular weight excluding hydrogens is 464 g/mol. The van der Waals surface area contributed by atoms with E-state index >= 15 is 0 Å². The van der Waals surface area contributed by atoms with Gasteiger partial charge in [-0.25, -0.2) is 5.84 Å². The maximum Gasteiger partial charge on any atom is 0.270 e. The van der Waals surface area contributed by atoms with E-state index in [1.165, 1.54) is 0 Å². The molecule has 5 N–H and O–H groups in total. The van der Waals surface area contributed by atoms with Crippen LogP contribution in [0.2, 0.25) is 0 Å². The summed E-state index contributed by atoms with van der Waals surface area (Å²) in [4.78, 5) is 17.5. The summed E-state index contributed by atoms with van der Waals surface area (Å²) < 4.78 is 6.35. The molecule has 0 radical (unpaired) electrons. The SMILES string of the molecule is CC[C@]12C=CCN3CC[C@@]4(c5cc(Br)c(OC)cc5N(C)[C@H]4[C@@](O)(C(=O)NN)[C@@H]1O)[C@@H]32. The zero-order valence-corrected chi connectivity index (χ0v) is 19.5. The first-order valence-electron chi connectivity index (χ1n) is 10.7. The number of nitrogens with two attached hydrogens (primary N) is 1. The highest BCUT2D eigenvalue weighted by molar-refractivity contribution is 9.10. The molecule has 9 heteroatoms. The smallest absolute Gasteiger partial charge is 0.270 e. The lowest BCUT2D eigenvalue weighted by Crippen LogP contribution is -2.82. The minimum absolute atomic E-state index is 0.0650. The Hall–Kier alpha value is -1.65. The Kier molecular flexibility index (Phi) is 4.57. The molecule has 168 valence electrons. The van der Waals surface area contributed by atoms with Gasteiger partial charge in [-0.05, 0) is 46.9 Å². The van der Waals surface area contributed by atoms with Crippen molar-refractivity contribution in [1.29, 1.82) is 0 Å². The summed E-state index contributed by atoms with van der Waals surface area (Å²) >= 11 is 3.63. The summed E-state index contributed by atoms with van der Waals surface area (Å²) in [5.41, 5.74) is 0.631. The van der Waals surface area contributed by atoms with Gasteiger partial charge in [0.1, 0.15) is 11.9 Å². The van der Waals surface area contributed by atoms with Crippen molar-refractivity contribution in [2.75, 3.05) is 32.1 Å². The van der Waals surface area contributed by atoms with E-state index in [0.29, 0.717) is 12.2 Å². The van der Waals surface area contributed by atoms with Gasteiger partial charge >= 0.3 is 0 Å². The Labute approximate surface area is 190 Å². The van der Waals surface area contributed by atoms with Gasteiger partial charge in [0, 0.05) is 42.2 Å². The third-order valence-corrected chi connectivity index (χ3v) is 9.04. The predicted molar refractivity (Wildman–Crippen MR) is 120 cm³/mol. The second kappa shape index (κ2) is 6.68. The second-order valence-corrected chi connectivity index (χ2v) is 10.1. The Bertz CT molecular complexity index is 989. The first kappa shape index (κ1) is 21.2. The average molecular weight is 493 g/mol. The molecule has 1 aliphatic carbocycles. The molecule has 5 rings (SSSR count). The number of nitrogens with one attached hydrogen (secondary N) is 1. The molecule has 3 aliphatic heterocycles. The number of carbonyl (C=O) groups is 1. The van der Waals surface area contributed by atoms with Crippen molar-refractivity contribution in [3.8, 4) is 5.75 Å². The van der Waals surface area contributed by atoms with Crippen LogP contribution in [0, 0.1) is 5.41 Å². The van der Waals surface area contributed by atoms with Gasteiger partial charge in [0.25, 0.3) is 5.91 Å². The lowest BCUT2D eigenvalue weighted by Gasteiger charge is -2.63. The maximum atomic E-state index is 13.2. The molecule has 1 aromatic rings. The highest BCUT2D eigenvalue weighted by atomic mass is 79.9. The zero-order chi connectivity index (χ0) is 22.3. The quantitative estimate of drug-likeness (QED) is 0.212. The van der Waals surface area contributed by atoms with Gasteiger partial charge in [0.2, 0.25) is 0 Å². The molecule has 1 spiro atoms. The van der Waals surface area contributed by atoms with E-state index in [2.05, 4.69) is 32.3 Å². The Balaban J connectivity index is 1.87. The van der Waals surface area contributed by atoms with Crippen molar-refractivity contribution in [3.05, 3.63) is 34.3 Å². The van der Waals surface area contributed by atoms with Gasteiger partial charge in [0.15, 0.2) is 5.60 Å². The van der Waals surface area contributed by atoms with Crippen LogP contribution in [0.3, 0.4) is 0 Å². The summed E-state index contributed by atoms with van der Waals surface area (Å²) in [6, 6.07) is 3.25. The fourth-order valence-electron chi connectivity index (χ4n) is 7.36. The topological polar surface area (TPSA) is 111 Å². The summed E-state index contributed by atoms with van der Waals surface area (Å²) in [5, 5.41) is 23.8. The van der Waals surface area contributed by atoms with E-state index in [9.17, 15) is 15.0 Å². The number of aliphatic hydroxyl groups is 2. The number of methoxy groups -OCH3 is 1. The molecule has 1 saturated carbocycles. The van der Waals surface area contributed by atoms with Crippen LogP contribution in [0.15, 0.2) is 28.8 Å². The van der Waals surface area contributed by atoms with Gasteiger partial charge in [-0.3, -0.25) is 15.1 Å². The number of fused-ring (bicyclic) bond motifs is 1. The summed E-state index contributed by atoms with van der Waals surface area (Å²) in [7, 11) is 3.48. The Morgan fingerprint density at radius 1 is 1.42 bits per heavy atom. The van der Waals surface area contributed by atoms with Crippen LogP contribution in [-0.2, 0) is 10.2 Å². The summed E-state index contributed by atoms with van der Waals surface area (Å²) in [6.45, 7) is 3.61. The highest BCUT2D eigenvalue weighted by Crippen LogP contribution is 2.67. The molecule has 3 heterocycles. The zero-order valence-electron chi connectivity index (χ0n) is 17.9. The fraction of sp³-hybridized carbons (Fsp3) is 0.591. The minimum Gasteiger partial charge on any atom is -0.495 e. The number of benzene rings is 1. The van der Waals surface area contributed by atoms with Crippen LogP contribution < -0.4 is 20.9 Å². The van der Waals surface area contributed by atoms with Crippen LogP contribution in [0.4, 0.5) is 5.69 Å². The molecule has 6 atom stereocenters. The number of hydrazine groups is 1. The van der Waals surface area contributed by atoms with Gasteiger partial charge in [-0.2, -0.15) is 0 Å². The van der Waals surface area contributed by atoms with E-state index in [4.69, 9.17) is 10.6 Å². The average Bonchev–Trinajstić information content (AvgIpc) is 3.28. The first-order valence-corrected chi connectivity index (χ1v) is 11.5. The number of rotatable bonds is 3. The van der Waals surface area contributed by atoms with E-state index in [1.807, 2.05) is 37.1 Å². The number of ether oxygens (including phenoxy) is 1. The van der Waals surface area contributed by atoms with Crippen molar-refractivity contribution in [1.82, 2.24) is 10.3 Å². The largest absolute Gasteiger partial charge is 0.495 e. The van der Waals surface area contributed by atoms with Crippen LogP contribution in [0.25, 0.3) is 0 Å².